The first-order chi connectivity index (χ1) is 13.1. The van der Waals surface area contributed by atoms with E-state index in [1.807, 2.05) is 55.5 Å². The van der Waals surface area contributed by atoms with E-state index in [0.717, 1.165) is 35.9 Å². The van der Waals surface area contributed by atoms with E-state index in [1.165, 1.54) is 12.5 Å². The van der Waals surface area contributed by atoms with Gasteiger partial charge in [-0.2, -0.15) is 4.98 Å². The Morgan fingerprint density at radius 1 is 0.963 bits per heavy atom. The molecule has 2 aromatic carbocycles. The Morgan fingerprint density at radius 3 is 2.37 bits per heavy atom. The first-order valence-electron chi connectivity index (χ1n) is 8.87. The van der Waals surface area contributed by atoms with Crippen LogP contribution < -0.4 is 16.0 Å². The van der Waals surface area contributed by atoms with Gasteiger partial charge < -0.3 is 16.0 Å². The molecule has 0 saturated carbocycles. The monoisotopic (exact) mass is 361 g/mol. The second-order valence-electron chi connectivity index (χ2n) is 6.26. The van der Waals surface area contributed by atoms with Gasteiger partial charge in [0.25, 0.3) is 0 Å². The molecule has 6 nitrogen and oxygen atoms in total. The molecule has 1 heterocycles. The van der Waals surface area contributed by atoms with Crippen LogP contribution in [-0.2, 0) is 11.2 Å². The molecule has 3 aromatic rings. The van der Waals surface area contributed by atoms with E-state index in [4.69, 9.17) is 0 Å². The van der Waals surface area contributed by atoms with Crippen molar-refractivity contribution in [3.05, 3.63) is 71.9 Å². The van der Waals surface area contributed by atoms with Crippen molar-refractivity contribution < 1.29 is 4.79 Å². The minimum atomic E-state index is -0.0936. The third-order valence-electron chi connectivity index (χ3n) is 3.88. The van der Waals surface area contributed by atoms with Crippen molar-refractivity contribution >= 4 is 29.0 Å². The Labute approximate surface area is 159 Å². The fourth-order valence-electron chi connectivity index (χ4n) is 2.66. The van der Waals surface area contributed by atoms with Gasteiger partial charge in [-0.1, -0.05) is 30.3 Å². The number of anilines is 4. The lowest BCUT2D eigenvalue weighted by Crippen LogP contribution is -2.09. The zero-order chi connectivity index (χ0) is 19.1. The first kappa shape index (κ1) is 18.4. The largest absolute Gasteiger partial charge is 0.370 e. The fourth-order valence-corrected chi connectivity index (χ4v) is 2.66. The average molecular weight is 361 g/mol. The number of nitrogens with one attached hydrogen (secondary N) is 3. The Morgan fingerprint density at radius 2 is 1.67 bits per heavy atom. The minimum Gasteiger partial charge on any atom is -0.370 e. The maximum absolute atomic E-state index is 11.1. The van der Waals surface area contributed by atoms with Crippen molar-refractivity contribution in [2.24, 2.45) is 0 Å². The Bertz CT molecular complexity index is 894. The molecular formula is C21H23N5O. The molecule has 6 heteroatoms. The smallest absolute Gasteiger partial charge is 0.229 e. The number of hydrogen-bond acceptors (Lipinski definition) is 5. The van der Waals surface area contributed by atoms with E-state index in [0.29, 0.717) is 5.95 Å². The van der Waals surface area contributed by atoms with Crippen LogP contribution in [0.2, 0.25) is 0 Å². The van der Waals surface area contributed by atoms with Crippen LogP contribution in [0.1, 0.15) is 18.2 Å². The van der Waals surface area contributed by atoms with E-state index in [2.05, 4.69) is 38.1 Å². The molecule has 1 amide bonds. The lowest BCUT2D eigenvalue weighted by atomic mass is 10.1. The molecule has 0 saturated heterocycles. The van der Waals surface area contributed by atoms with Gasteiger partial charge in [-0.25, -0.2) is 4.98 Å². The first-order valence-corrected chi connectivity index (χ1v) is 8.87. The van der Waals surface area contributed by atoms with E-state index >= 15 is 0 Å². The number of carbonyl (C=O) groups is 1. The van der Waals surface area contributed by atoms with Crippen LogP contribution in [0.3, 0.4) is 0 Å². The normalized spacial score (nSPS) is 10.3. The third kappa shape index (κ3) is 5.81. The molecule has 3 N–H and O–H groups in total. The number of rotatable bonds is 7. The molecule has 0 spiro atoms. The van der Waals surface area contributed by atoms with Crippen molar-refractivity contribution in [1.82, 2.24) is 9.97 Å². The van der Waals surface area contributed by atoms with Crippen LogP contribution in [0.15, 0.2) is 60.7 Å². The summed E-state index contributed by atoms with van der Waals surface area (Å²) in [5.41, 5.74) is 3.77. The second-order valence-corrected chi connectivity index (χ2v) is 6.26. The summed E-state index contributed by atoms with van der Waals surface area (Å²) < 4.78 is 0. The molecule has 27 heavy (non-hydrogen) atoms. The highest BCUT2D eigenvalue weighted by atomic mass is 16.1. The molecule has 0 aliphatic rings. The second kappa shape index (κ2) is 8.80. The van der Waals surface area contributed by atoms with Gasteiger partial charge in [0.1, 0.15) is 5.82 Å². The quantitative estimate of drug-likeness (QED) is 0.589. The van der Waals surface area contributed by atoms with Crippen molar-refractivity contribution in [3.8, 4) is 0 Å². The van der Waals surface area contributed by atoms with Gasteiger partial charge >= 0.3 is 0 Å². The highest BCUT2D eigenvalue weighted by Gasteiger charge is 2.04. The SMILES string of the molecule is CC(=O)Nc1ccc(Nc2nc(C)cc(NCCc3ccccc3)n2)cc1. The molecule has 0 atom stereocenters. The lowest BCUT2D eigenvalue weighted by molar-refractivity contribution is -0.114. The van der Waals surface area contributed by atoms with E-state index < -0.39 is 0 Å². The van der Waals surface area contributed by atoms with E-state index in [1.54, 1.807) is 0 Å². The third-order valence-corrected chi connectivity index (χ3v) is 3.88. The van der Waals surface area contributed by atoms with Crippen LogP contribution in [0.4, 0.5) is 23.1 Å². The van der Waals surface area contributed by atoms with Crippen molar-refractivity contribution in [2.75, 3.05) is 22.5 Å². The number of aromatic nitrogens is 2. The molecule has 0 bridgehead atoms. The maximum Gasteiger partial charge on any atom is 0.229 e. The summed E-state index contributed by atoms with van der Waals surface area (Å²) >= 11 is 0. The Balaban J connectivity index is 1.61. The number of amides is 1. The molecule has 1 aromatic heterocycles. The fraction of sp³-hybridized carbons (Fsp3) is 0.190. The van der Waals surface area contributed by atoms with Crippen LogP contribution in [0.5, 0.6) is 0 Å². The highest BCUT2D eigenvalue weighted by molar-refractivity contribution is 5.88. The number of hydrogen-bond donors (Lipinski definition) is 3. The highest BCUT2D eigenvalue weighted by Crippen LogP contribution is 2.18. The van der Waals surface area contributed by atoms with Crippen LogP contribution in [0, 0.1) is 6.92 Å². The molecule has 0 unspecified atom stereocenters. The summed E-state index contributed by atoms with van der Waals surface area (Å²) in [6, 6.07) is 19.7. The van der Waals surface area contributed by atoms with Gasteiger partial charge in [0.15, 0.2) is 0 Å². The van der Waals surface area contributed by atoms with Gasteiger partial charge in [0.05, 0.1) is 0 Å². The molecule has 0 aliphatic carbocycles. The predicted octanol–water partition coefficient (Wildman–Crippen LogP) is 4.14. The lowest BCUT2D eigenvalue weighted by Gasteiger charge is -2.10. The molecule has 0 aliphatic heterocycles. The van der Waals surface area contributed by atoms with Gasteiger partial charge in [0.2, 0.25) is 11.9 Å². The van der Waals surface area contributed by atoms with Crippen LogP contribution >= 0.6 is 0 Å². The molecule has 0 fully saturated rings. The zero-order valence-corrected chi connectivity index (χ0v) is 15.5. The summed E-state index contributed by atoms with van der Waals surface area (Å²) in [5.74, 6) is 1.23. The topological polar surface area (TPSA) is 78.9 Å². The number of nitrogens with zero attached hydrogens (tertiary/aromatic N) is 2. The summed E-state index contributed by atoms with van der Waals surface area (Å²) in [6.07, 6.45) is 0.928. The van der Waals surface area contributed by atoms with Crippen LogP contribution in [-0.4, -0.2) is 22.4 Å². The van der Waals surface area contributed by atoms with Crippen molar-refractivity contribution in [2.45, 2.75) is 20.3 Å². The van der Waals surface area contributed by atoms with Gasteiger partial charge in [-0.15, -0.1) is 0 Å². The van der Waals surface area contributed by atoms with Crippen molar-refractivity contribution in [1.29, 1.82) is 0 Å². The van der Waals surface area contributed by atoms with Gasteiger partial charge in [0, 0.05) is 36.6 Å². The average Bonchev–Trinajstić information content (AvgIpc) is 2.63. The standard InChI is InChI=1S/C21H23N5O/c1-15-14-20(22-13-12-17-6-4-3-5-7-17)26-21(23-15)25-19-10-8-18(9-11-19)24-16(2)27/h3-11,14H,12-13H2,1-2H3,(H,24,27)(H2,22,23,25,26). The van der Waals surface area contributed by atoms with Gasteiger partial charge in [-0.3, -0.25) is 4.79 Å². The van der Waals surface area contributed by atoms with Crippen LogP contribution in [0.25, 0.3) is 0 Å². The number of benzene rings is 2. The van der Waals surface area contributed by atoms with E-state index in [-0.39, 0.29) is 5.91 Å². The summed E-state index contributed by atoms with van der Waals surface area (Å²) in [6.45, 7) is 4.22. The summed E-state index contributed by atoms with van der Waals surface area (Å²) in [4.78, 5) is 20.0. The Hall–Kier alpha value is -3.41. The Kier molecular flexibility index (Phi) is 5.99. The minimum absolute atomic E-state index is 0.0936. The summed E-state index contributed by atoms with van der Waals surface area (Å²) in [7, 11) is 0. The molecule has 3 rings (SSSR count). The zero-order valence-electron chi connectivity index (χ0n) is 15.5. The summed E-state index contributed by atoms with van der Waals surface area (Å²) in [5, 5.41) is 9.29. The molecule has 138 valence electrons. The van der Waals surface area contributed by atoms with E-state index in [9.17, 15) is 4.79 Å². The van der Waals surface area contributed by atoms with Gasteiger partial charge in [-0.05, 0) is 43.2 Å². The molecule has 0 radical (unpaired) electrons. The van der Waals surface area contributed by atoms with Crippen molar-refractivity contribution in [3.63, 3.8) is 0 Å². The predicted molar refractivity (Wildman–Crippen MR) is 109 cm³/mol. The molecular weight excluding hydrogens is 338 g/mol. The number of carbonyl (C=O) groups excluding carboxylic acids is 1. The number of aryl methyl sites for hydroxylation is 1. The maximum atomic E-state index is 11.1.